The van der Waals surface area contributed by atoms with Gasteiger partial charge in [-0.25, -0.2) is 9.37 Å². The van der Waals surface area contributed by atoms with Crippen molar-refractivity contribution in [1.29, 1.82) is 0 Å². The minimum absolute atomic E-state index is 0.121. The van der Waals surface area contributed by atoms with E-state index in [0.717, 1.165) is 5.56 Å². The lowest BCUT2D eigenvalue weighted by Crippen LogP contribution is -2.22. The van der Waals surface area contributed by atoms with Gasteiger partial charge in [-0.15, -0.1) is 0 Å². The highest BCUT2D eigenvalue weighted by Gasteiger charge is 2.19. The Hall–Kier alpha value is -1.84. The van der Waals surface area contributed by atoms with E-state index in [0.29, 0.717) is 17.1 Å². The molecule has 2 N–H and O–H groups in total. The average molecular weight is 247 g/mol. The largest absolute Gasteiger partial charge is 0.383 e. The van der Waals surface area contributed by atoms with Crippen molar-refractivity contribution in [3.8, 4) is 11.3 Å². The van der Waals surface area contributed by atoms with Crippen molar-refractivity contribution >= 4 is 5.82 Å². The molecule has 1 aromatic heterocycles. The van der Waals surface area contributed by atoms with Gasteiger partial charge >= 0.3 is 0 Å². The molecule has 0 saturated carbocycles. The molecular formula is C14H18FN3. The monoisotopic (exact) mass is 247 g/mol. The maximum atomic E-state index is 13.3. The number of rotatable bonds is 1. The van der Waals surface area contributed by atoms with Crippen LogP contribution < -0.4 is 5.73 Å². The van der Waals surface area contributed by atoms with Gasteiger partial charge in [0, 0.05) is 11.1 Å². The van der Waals surface area contributed by atoms with E-state index in [9.17, 15) is 4.39 Å². The molecule has 4 heteroatoms. The molecule has 96 valence electrons. The van der Waals surface area contributed by atoms with Crippen LogP contribution in [-0.4, -0.2) is 9.55 Å². The minimum atomic E-state index is -0.215. The van der Waals surface area contributed by atoms with Gasteiger partial charge < -0.3 is 10.3 Å². The van der Waals surface area contributed by atoms with Crippen molar-refractivity contribution in [2.45, 2.75) is 33.2 Å². The molecule has 3 nitrogen and oxygen atoms in total. The Balaban J connectivity index is 2.52. The molecule has 0 aliphatic rings. The Labute approximate surface area is 106 Å². The van der Waals surface area contributed by atoms with Gasteiger partial charge in [0.2, 0.25) is 0 Å². The molecule has 0 unspecified atom stereocenters. The van der Waals surface area contributed by atoms with Crippen LogP contribution in [0.3, 0.4) is 0 Å². The topological polar surface area (TPSA) is 43.8 Å². The zero-order valence-corrected chi connectivity index (χ0v) is 11.2. The fourth-order valence-electron chi connectivity index (χ4n) is 1.91. The quantitative estimate of drug-likeness (QED) is 0.840. The van der Waals surface area contributed by atoms with Gasteiger partial charge in [-0.1, -0.05) is 0 Å². The fraction of sp³-hybridized carbons (Fsp3) is 0.357. The van der Waals surface area contributed by atoms with E-state index in [-0.39, 0.29) is 11.4 Å². The Morgan fingerprint density at radius 2 is 1.94 bits per heavy atom. The summed E-state index contributed by atoms with van der Waals surface area (Å²) in [4.78, 5) is 4.34. The third-order valence-corrected chi connectivity index (χ3v) is 2.96. The summed E-state index contributed by atoms with van der Waals surface area (Å²) in [6.07, 6.45) is 1.73. The van der Waals surface area contributed by atoms with Gasteiger partial charge in [-0.05, 0) is 51.5 Å². The van der Waals surface area contributed by atoms with Crippen molar-refractivity contribution in [1.82, 2.24) is 9.55 Å². The Morgan fingerprint density at radius 1 is 1.28 bits per heavy atom. The first kappa shape index (κ1) is 12.6. The number of halogens is 1. The summed E-state index contributed by atoms with van der Waals surface area (Å²) < 4.78 is 15.2. The second-order valence-corrected chi connectivity index (χ2v) is 5.48. The zero-order valence-electron chi connectivity index (χ0n) is 11.2. The number of imidazole rings is 1. The predicted octanol–water partition coefficient (Wildman–Crippen LogP) is 3.33. The van der Waals surface area contributed by atoms with Crippen LogP contribution in [0.15, 0.2) is 24.5 Å². The van der Waals surface area contributed by atoms with Crippen LogP contribution in [-0.2, 0) is 5.54 Å². The molecule has 0 amide bonds. The van der Waals surface area contributed by atoms with Crippen LogP contribution in [0.5, 0.6) is 0 Å². The average Bonchev–Trinajstić information content (AvgIpc) is 2.64. The Morgan fingerprint density at radius 3 is 2.44 bits per heavy atom. The van der Waals surface area contributed by atoms with Crippen LogP contribution in [0.25, 0.3) is 11.3 Å². The standard InChI is InChI=1S/C14H18FN3/c1-9-7-10(5-6-11(9)15)12-13(16)18(8-17-12)14(2,3)4/h5-8H,16H2,1-4H3. The number of nitrogen functional groups attached to an aromatic ring is 1. The molecule has 0 saturated heterocycles. The highest BCUT2D eigenvalue weighted by Crippen LogP contribution is 2.29. The van der Waals surface area contributed by atoms with E-state index in [1.54, 1.807) is 25.4 Å². The summed E-state index contributed by atoms with van der Waals surface area (Å²) in [6.45, 7) is 7.91. The van der Waals surface area contributed by atoms with Crippen molar-refractivity contribution in [2.75, 3.05) is 5.73 Å². The lowest BCUT2D eigenvalue weighted by atomic mass is 10.1. The molecule has 2 aromatic rings. The lowest BCUT2D eigenvalue weighted by Gasteiger charge is -2.22. The maximum absolute atomic E-state index is 13.3. The van der Waals surface area contributed by atoms with Crippen molar-refractivity contribution in [3.63, 3.8) is 0 Å². The van der Waals surface area contributed by atoms with Crippen LogP contribution >= 0.6 is 0 Å². The summed E-state index contributed by atoms with van der Waals surface area (Å²) in [5.41, 5.74) is 8.13. The smallest absolute Gasteiger partial charge is 0.132 e. The maximum Gasteiger partial charge on any atom is 0.132 e. The molecule has 0 bridgehead atoms. The van der Waals surface area contributed by atoms with Gasteiger partial charge in [0.05, 0.1) is 6.33 Å². The van der Waals surface area contributed by atoms with Crippen LogP contribution in [0.1, 0.15) is 26.3 Å². The normalized spacial score (nSPS) is 11.8. The molecular weight excluding hydrogens is 229 g/mol. The molecule has 0 aliphatic heterocycles. The minimum Gasteiger partial charge on any atom is -0.383 e. The van der Waals surface area contributed by atoms with E-state index in [2.05, 4.69) is 25.8 Å². The van der Waals surface area contributed by atoms with Crippen LogP contribution in [0, 0.1) is 12.7 Å². The number of anilines is 1. The predicted molar refractivity (Wildman–Crippen MR) is 71.8 cm³/mol. The molecule has 0 aliphatic carbocycles. The summed E-state index contributed by atoms with van der Waals surface area (Å²) in [6, 6.07) is 4.91. The van der Waals surface area contributed by atoms with E-state index >= 15 is 0 Å². The van der Waals surface area contributed by atoms with Gasteiger partial charge in [0.1, 0.15) is 17.3 Å². The molecule has 1 aromatic carbocycles. The van der Waals surface area contributed by atoms with Crippen LogP contribution in [0.4, 0.5) is 10.2 Å². The first-order valence-electron chi connectivity index (χ1n) is 5.90. The third kappa shape index (κ3) is 2.10. The summed E-state index contributed by atoms with van der Waals surface area (Å²) in [5, 5.41) is 0. The van der Waals surface area contributed by atoms with Crippen molar-refractivity contribution in [2.24, 2.45) is 0 Å². The van der Waals surface area contributed by atoms with Gasteiger partial charge in [-0.2, -0.15) is 0 Å². The first-order chi connectivity index (χ1) is 8.30. The van der Waals surface area contributed by atoms with Gasteiger partial charge in [0.15, 0.2) is 0 Å². The van der Waals surface area contributed by atoms with Crippen molar-refractivity contribution < 1.29 is 4.39 Å². The molecule has 0 spiro atoms. The second-order valence-electron chi connectivity index (χ2n) is 5.48. The lowest BCUT2D eigenvalue weighted by molar-refractivity contribution is 0.402. The van der Waals surface area contributed by atoms with E-state index < -0.39 is 0 Å². The van der Waals surface area contributed by atoms with Crippen molar-refractivity contribution in [3.05, 3.63) is 35.9 Å². The number of nitrogens with zero attached hydrogens (tertiary/aromatic N) is 2. The number of aromatic nitrogens is 2. The number of hydrogen-bond donors (Lipinski definition) is 1. The Bertz CT molecular complexity index is 579. The van der Waals surface area contributed by atoms with E-state index in [4.69, 9.17) is 5.73 Å². The highest BCUT2D eigenvalue weighted by atomic mass is 19.1. The Kier molecular flexibility index (Phi) is 2.89. The summed E-state index contributed by atoms with van der Waals surface area (Å²) in [7, 11) is 0. The first-order valence-corrected chi connectivity index (χ1v) is 5.90. The molecule has 1 heterocycles. The number of nitrogens with two attached hydrogens (primary N) is 1. The second kappa shape index (κ2) is 4.12. The molecule has 0 atom stereocenters. The number of aryl methyl sites for hydroxylation is 1. The van der Waals surface area contributed by atoms with E-state index in [1.165, 1.54) is 6.07 Å². The highest BCUT2D eigenvalue weighted by molar-refractivity contribution is 5.71. The fourth-order valence-corrected chi connectivity index (χ4v) is 1.91. The van der Waals surface area contributed by atoms with E-state index in [1.807, 2.05) is 4.57 Å². The molecule has 0 radical (unpaired) electrons. The number of benzene rings is 1. The molecule has 0 fully saturated rings. The molecule has 2 rings (SSSR count). The molecule has 18 heavy (non-hydrogen) atoms. The third-order valence-electron chi connectivity index (χ3n) is 2.96. The zero-order chi connectivity index (χ0) is 13.5. The number of hydrogen-bond acceptors (Lipinski definition) is 2. The van der Waals surface area contributed by atoms with Crippen LogP contribution in [0.2, 0.25) is 0 Å². The summed E-state index contributed by atoms with van der Waals surface area (Å²) >= 11 is 0. The summed E-state index contributed by atoms with van der Waals surface area (Å²) in [5.74, 6) is 0.390. The van der Waals surface area contributed by atoms with Gasteiger partial charge in [-0.3, -0.25) is 0 Å². The van der Waals surface area contributed by atoms with Gasteiger partial charge in [0.25, 0.3) is 0 Å². The SMILES string of the molecule is Cc1cc(-c2ncn(C(C)(C)C)c2N)ccc1F.